The van der Waals surface area contributed by atoms with Gasteiger partial charge in [0.2, 0.25) is 5.91 Å². The van der Waals surface area contributed by atoms with E-state index in [1.165, 1.54) is 10.5 Å². The lowest BCUT2D eigenvalue weighted by atomic mass is 10.2. The van der Waals surface area contributed by atoms with Crippen molar-refractivity contribution in [3.8, 4) is 0 Å². The number of nitrogens with zero attached hydrogens (tertiary/aromatic N) is 1. The minimum absolute atomic E-state index is 0.0530. The van der Waals surface area contributed by atoms with E-state index in [1.807, 2.05) is 43.3 Å². The zero-order chi connectivity index (χ0) is 15.9. The van der Waals surface area contributed by atoms with E-state index in [4.69, 9.17) is 0 Å². The van der Waals surface area contributed by atoms with Crippen LogP contribution >= 0.6 is 11.8 Å². The number of thioether (sulfide) groups is 1. The number of benzene rings is 2. The fourth-order valence-electron chi connectivity index (χ4n) is 1.96. The normalized spacial score (nSPS) is 10.3. The highest BCUT2D eigenvalue weighted by molar-refractivity contribution is 7.99. The zero-order valence-corrected chi connectivity index (χ0v) is 14.1. The average molecular weight is 314 g/mol. The summed E-state index contributed by atoms with van der Waals surface area (Å²) in [4.78, 5) is 15.2. The van der Waals surface area contributed by atoms with Crippen LogP contribution in [0.3, 0.4) is 0 Å². The van der Waals surface area contributed by atoms with E-state index in [-0.39, 0.29) is 5.91 Å². The molecule has 0 aliphatic heterocycles. The summed E-state index contributed by atoms with van der Waals surface area (Å²) in [6.45, 7) is 2.07. The summed E-state index contributed by atoms with van der Waals surface area (Å²) in [5.74, 6) is 0.835. The second-order valence-corrected chi connectivity index (χ2v) is 6.57. The predicted octanol–water partition coefficient (Wildman–Crippen LogP) is 4.18. The van der Waals surface area contributed by atoms with Crippen molar-refractivity contribution in [3.63, 3.8) is 0 Å². The molecule has 0 atom stereocenters. The highest BCUT2D eigenvalue weighted by Gasteiger charge is 2.04. The van der Waals surface area contributed by atoms with Gasteiger partial charge < -0.3 is 10.2 Å². The lowest BCUT2D eigenvalue weighted by Crippen LogP contribution is -2.12. The van der Waals surface area contributed by atoms with Gasteiger partial charge in [-0.1, -0.05) is 17.7 Å². The van der Waals surface area contributed by atoms with Crippen LogP contribution in [0.15, 0.2) is 53.4 Å². The molecule has 0 radical (unpaired) electrons. The first-order valence-corrected chi connectivity index (χ1v) is 8.30. The maximum Gasteiger partial charge on any atom is 0.225 e. The number of carbonyl (C=O) groups excluding carboxylic acids is 1. The summed E-state index contributed by atoms with van der Waals surface area (Å²) >= 11 is 1.71. The van der Waals surface area contributed by atoms with Gasteiger partial charge >= 0.3 is 0 Å². The molecule has 1 N–H and O–H groups in total. The van der Waals surface area contributed by atoms with Crippen LogP contribution in [0, 0.1) is 6.92 Å². The topological polar surface area (TPSA) is 32.3 Å². The third kappa shape index (κ3) is 5.11. The predicted molar refractivity (Wildman–Crippen MR) is 95.9 cm³/mol. The van der Waals surface area contributed by atoms with E-state index >= 15 is 0 Å². The van der Waals surface area contributed by atoms with Crippen molar-refractivity contribution in [1.82, 2.24) is 0 Å². The Kier molecular flexibility index (Phi) is 5.90. The molecule has 0 fully saturated rings. The van der Waals surface area contributed by atoms with E-state index in [0.29, 0.717) is 6.42 Å². The SMILES string of the molecule is Cc1ccc(SCCC(=O)Nc2ccc(N(C)C)cc2)cc1. The molecular formula is C18H22N2OS. The molecule has 0 bridgehead atoms. The Labute approximate surface area is 136 Å². The first-order chi connectivity index (χ1) is 10.5. The van der Waals surface area contributed by atoms with Crippen molar-refractivity contribution in [2.45, 2.75) is 18.2 Å². The second-order valence-electron chi connectivity index (χ2n) is 5.40. The van der Waals surface area contributed by atoms with Crippen LogP contribution in [0.25, 0.3) is 0 Å². The molecule has 2 rings (SSSR count). The first kappa shape index (κ1) is 16.4. The molecule has 0 saturated heterocycles. The monoisotopic (exact) mass is 314 g/mol. The van der Waals surface area contributed by atoms with Crippen LogP contribution in [-0.4, -0.2) is 25.8 Å². The molecule has 0 spiro atoms. The van der Waals surface area contributed by atoms with E-state index in [9.17, 15) is 4.79 Å². The van der Waals surface area contributed by atoms with Crippen molar-refractivity contribution in [3.05, 3.63) is 54.1 Å². The Hall–Kier alpha value is -1.94. The Bertz CT molecular complexity index is 606. The number of carbonyl (C=O) groups is 1. The minimum Gasteiger partial charge on any atom is -0.378 e. The molecule has 22 heavy (non-hydrogen) atoms. The molecule has 0 aliphatic rings. The molecule has 116 valence electrons. The van der Waals surface area contributed by atoms with Gasteiger partial charge in [0.1, 0.15) is 0 Å². The Balaban J connectivity index is 1.76. The second kappa shape index (κ2) is 7.90. The molecule has 3 nitrogen and oxygen atoms in total. The quantitative estimate of drug-likeness (QED) is 0.812. The number of aryl methyl sites for hydroxylation is 1. The smallest absolute Gasteiger partial charge is 0.225 e. The molecular weight excluding hydrogens is 292 g/mol. The van der Waals surface area contributed by atoms with Crippen LogP contribution < -0.4 is 10.2 Å². The zero-order valence-electron chi connectivity index (χ0n) is 13.3. The van der Waals surface area contributed by atoms with E-state index in [1.54, 1.807) is 11.8 Å². The van der Waals surface area contributed by atoms with Gasteiger partial charge in [-0.15, -0.1) is 11.8 Å². The summed E-state index contributed by atoms with van der Waals surface area (Å²) in [5, 5.41) is 2.93. The molecule has 2 aromatic carbocycles. The van der Waals surface area contributed by atoms with Crippen LogP contribution in [0.1, 0.15) is 12.0 Å². The van der Waals surface area contributed by atoms with Crippen molar-refractivity contribution < 1.29 is 4.79 Å². The summed E-state index contributed by atoms with van der Waals surface area (Å²) in [5.41, 5.74) is 3.21. The number of nitrogens with one attached hydrogen (secondary N) is 1. The molecule has 0 aliphatic carbocycles. The first-order valence-electron chi connectivity index (χ1n) is 7.31. The molecule has 0 heterocycles. The van der Waals surface area contributed by atoms with E-state index in [2.05, 4.69) is 36.5 Å². The van der Waals surface area contributed by atoms with Crippen molar-refractivity contribution in [2.75, 3.05) is 30.1 Å². The van der Waals surface area contributed by atoms with Crippen molar-refractivity contribution >= 4 is 29.0 Å². The molecule has 4 heteroatoms. The molecule has 2 aromatic rings. The minimum atomic E-state index is 0.0530. The molecule has 0 saturated carbocycles. The summed E-state index contributed by atoms with van der Waals surface area (Å²) in [7, 11) is 3.99. The highest BCUT2D eigenvalue weighted by atomic mass is 32.2. The number of anilines is 2. The van der Waals surface area contributed by atoms with Gasteiger partial charge in [0, 0.05) is 42.5 Å². The Morgan fingerprint density at radius 3 is 2.27 bits per heavy atom. The maximum atomic E-state index is 11.9. The van der Waals surface area contributed by atoms with Gasteiger partial charge in [-0.05, 0) is 43.3 Å². The van der Waals surface area contributed by atoms with Gasteiger partial charge in [-0.25, -0.2) is 0 Å². The standard InChI is InChI=1S/C18H22N2OS/c1-14-4-10-17(11-5-14)22-13-12-18(21)19-15-6-8-16(9-7-15)20(2)3/h4-11H,12-13H2,1-3H3,(H,19,21). The molecule has 1 amide bonds. The largest absolute Gasteiger partial charge is 0.378 e. The summed E-state index contributed by atoms with van der Waals surface area (Å²) < 4.78 is 0. The van der Waals surface area contributed by atoms with Gasteiger partial charge in [0.05, 0.1) is 0 Å². The summed E-state index contributed by atoms with van der Waals surface area (Å²) in [6, 6.07) is 16.2. The highest BCUT2D eigenvalue weighted by Crippen LogP contribution is 2.20. The number of amides is 1. The van der Waals surface area contributed by atoms with E-state index < -0.39 is 0 Å². The fourth-order valence-corrected chi connectivity index (χ4v) is 2.81. The Morgan fingerprint density at radius 2 is 1.68 bits per heavy atom. The van der Waals surface area contributed by atoms with Crippen molar-refractivity contribution in [1.29, 1.82) is 0 Å². The third-order valence-electron chi connectivity index (χ3n) is 3.29. The molecule has 0 aromatic heterocycles. The molecule has 0 unspecified atom stereocenters. The average Bonchev–Trinajstić information content (AvgIpc) is 2.50. The van der Waals surface area contributed by atoms with Crippen LogP contribution in [0.5, 0.6) is 0 Å². The number of rotatable bonds is 6. The number of hydrogen-bond acceptors (Lipinski definition) is 3. The van der Waals surface area contributed by atoms with Crippen LogP contribution in [-0.2, 0) is 4.79 Å². The maximum absolute atomic E-state index is 11.9. The van der Waals surface area contributed by atoms with E-state index in [0.717, 1.165) is 17.1 Å². The fraction of sp³-hybridized carbons (Fsp3) is 0.278. The number of hydrogen-bond donors (Lipinski definition) is 1. The van der Waals surface area contributed by atoms with Gasteiger partial charge in [0.25, 0.3) is 0 Å². The van der Waals surface area contributed by atoms with Gasteiger partial charge in [-0.2, -0.15) is 0 Å². The Morgan fingerprint density at radius 1 is 1.05 bits per heavy atom. The van der Waals surface area contributed by atoms with Gasteiger partial charge in [0.15, 0.2) is 0 Å². The van der Waals surface area contributed by atoms with Crippen molar-refractivity contribution in [2.24, 2.45) is 0 Å². The summed E-state index contributed by atoms with van der Waals surface area (Å²) in [6.07, 6.45) is 0.508. The van der Waals surface area contributed by atoms with Gasteiger partial charge in [-0.3, -0.25) is 4.79 Å². The third-order valence-corrected chi connectivity index (χ3v) is 4.30. The van der Waals surface area contributed by atoms with Crippen LogP contribution in [0.4, 0.5) is 11.4 Å². The lowest BCUT2D eigenvalue weighted by Gasteiger charge is -2.13. The lowest BCUT2D eigenvalue weighted by molar-refractivity contribution is -0.115. The van der Waals surface area contributed by atoms with Crippen LogP contribution in [0.2, 0.25) is 0 Å².